The zero-order valence-electron chi connectivity index (χ0n) is 15.5. The molecule has 0 bridgehead atoms. The topological polar surface area (TPSA) is 118 Å². The van der Waals surface area contributed by atoms with Crippen LogP contribution in [0.3, 0.4) is 0 Å². The zero-order chi connectivity index (χ0) is 21.3. The van der Waals surface area contributed by atoms with Crippen LogP contribution in [0.25, 0.3) is 10.9 Å². The molecule has 2 aromatic carbocycles. The van der Waals surface area contributed by atoms with E-state index in [1.807, 2.05) is 24.3 Å². The number of benzene rings is 2. The third-order valence-electron chi connectivity index (χ3n) is 4.30. The standard InChI is InChI=1S/C19H14ClFN6O3/c1-30-11-4-2-10(3-5-11)8-27-9-16(23-26-27)18(28)25-24-17-12-6-14(21)13(20)7-15(12)22-19(17)29/h2-7,9,22,29H,8H2,1H3. The Kier molecular flexibility index (Phi) is 5.15. The lowest BCUT2D eigenvalue weighted by Gasteiger charge is -2.02. The number of nitrogens with zero attached hydrogens (tertiary/aromatic N) is 5. The highest BCUT2D eigenvalue weighted by Crippen LogP contribution is 2.37. The van der Waals surface area contributed by atoms with E-state index < -0.39 is 11.7 Å². The lowest BCUT2D eigenvalue weighted by Crippen LogP contribution is -2.00. The second-order valence-corrected chi connectivity index (χ2v) is 6.70. The number of ether oxygens (including phenoxy) is 1. The first-order chi connectivity index (χ1) is 14.4. The quantitative estimate of drug-likeness (QED) is 0.461. The van der Waals surface area contributed by atoms with Crippen LogP contribution in [-0.4, -0.2) is 38.1 Å². The Morgan fingerprint density at radius 1 is 1.33 bits per heavy atom. The van der Waals surface area contributed by atoms with E-state index in [0.717, 1.165) is 17.4 Å². The number of aromatic nitrogens is 4. The zero-order valence-corrected chi connectivity index (χ0v) is 16.3. The molecule has 0 aliphatic rings. The van der Waals surface area contributed by atoms with E-state index in [1.165, 1.54) is 16.9 Å². The van der Waals surface area contributed by atoms with Crippen LogP contribution in [0.2, 0.25) is 5.02 Å². The number of carbonyl (C=O) groups is 1. The Hall–Kier alpha value is -3.79. The van der Waals surface area contributed by atoms with Gasteiger partial charge in [-0.3, -0.25) is 4.79 Å². The molecule has 1 amide bonds. The monoisotopic (exact) mass is 428 g/mol. The molecule has 0 spiro atoms. The van der Waals surface area contributed by atoms with Crippen molar-refractivity contribution in [1.82, 2.24) is 20.0 Å². The summed E-state index contributed by atoms with van der Waals surface area (Å²) in [5.74, 6) is -1.09. The van der Waals surface area contributed by atoms with E-state index >= 15 is 0 Å². The van der Waals surface area contributed by atoms with Crippen LogP contribution in [-0.2, 0) is 6.54 Å². The molecule has 4 aromatic rings. The number of azo groups is 1. The Morgan fingerprint density at radius 2 is 2.10 bits per heavy atom. The van der Waals surface area contributed by atoms with Crippen molar-refractivity contribution in [3.63, 3.8) is 0 Å². The SMILES string of the molecule is COc1ccc(Cn2cc(C(=O)N=Nc3c(O)[nH]c4cc(Cl)c(F)cc34)nn2)cc1. The largest absolute Gasteiger partial charge is 0.497 e. The minimum atomic E-state index is -0.765. The van der Waals surface area contributed by atoms with Crippen LogP contribution in [0.1, 0.15) is 16.1 Å². The highest BCUT2D eigenvalue weighted by molar-refractivity contribution is 6.31. The van der Waals surface area contributed by atoms with Crippen molar-refractivity contribution in [2.45, 2.75) is 6.54 Å². The molecule has 0 fully saturated rings. The lowest BCUT2D eigenvalue weighted by molar-refractivity contribution is 0.0990. The van der Waals surface area contributed by atoms with Gasteiger partial charge in [0.15, 0.2) is 11.4 Å². The maximum atomic E-state index is 13.7. The average Bonchev–Trinajstić information content (AvgIpc) is 3.31. The van der Waals surface area contributed by atoms with Crippen molar-refractivity contribution in [3.8, 4) is 11.6 Å². The molecule has 2 N–H and O–H groups in total. The molecule has 0 saturated heterocycles. The number of nitrogens with one attached hydrogen (secondary N) is 1. The highest BCUT2D eigenvalue weighted by Gasteiger charge is 2.15. The van der Waals surface area contributed by atoms with Gasteiger partial charge in [-0.2, -0.15) is 0 Å². The molecule has 152 valence electrons. The highest BCUT2D eigenvalue weighted by atomic mass is 35.5. The number of halogens is 2. The van der Waals surface area contributed by atoms with Crippen molar-refractivity contribution < 1.29 is 19.0 Å². The predicted molar refractivity (Wildman–Crippen MR) is 106 cm³/mol. The minimum absolute atomic E-state index is 0.0270. The van der Waals surface area contributed by atoms with Crippen molar-refractivity contribution in [3.05, 3.63) is 64.7 Å². The third-order valence-corrected chi connectivity index (χ3v) is 4.58. The molecule has 0 saturated carbocycles. The first-order valence-electron chi connectivity index (χ1n) is 8.63. The molecular weight excluding hydrogens is 415 g/mol. The molecule has 0 unspecified atom stereocenters. The first kappa shape index (κ1) is 19.5. The van der Waals surface area contributed by atoms with Gasteiger partial charge in [0.1, 0.15) is 11.6 Å². The van der Waals surface area contributed by atoms with Crippen molar-refractivity contribution in [2.75, 3.05) is 7.11 Å². The number of aromatic hydroxyl groups is 1. The maximum absolute atomic E-state index is 13.7. The molecule has 0 aliphatic carbocycles. The normalized spacial score (nSPS) is 11.4. The number of rotatable bonds is 5. The second kappa shape index (κ2) is 7.91. The summed E-state index contributed by atoms with van der Waals surface area (Å²) < 4.78 is 20.3. The van der Waals surface area contributed by atoms with E-state index in [4.69, 9.17) is 16.3 Å². The number of hydrogen-bond acceptors (Lipinski definition) is 6. The molecule has 2 aromatic heterocycles. The van der Waals surface area contributed by atoms with Gasteiger partial charge in [0.25, 0.3) is 0 Å². The summed E-state index contributed by atoms with van der Waals surface area (Å²) in [6.45, 7) is 0.394. The van der Waals surface area contributed by atoms with Crippen LogP contribution in [0, 0.1) is 5.82 Å². The fourth-order valence-electron chi connectivity index (χ4n) is 2.80. The number of aromatic amines is 1. The van der Waals surface area contributed by atoms with Crippen molar-refractivity contribution >= 4 is 34.1 Å². The van der Waals surface area contributed by atoms with Crippen LogP contribution < -0.4 is 4.74 Å². The van der Waals surface area contributed by atoms with Gasteiger partial charge in [-0.1, -0.05) is 28.9 Å². The number of methoxy groups -OCH3 is 1. The van der Waals surface area contributed by atoms with Crippen LogP contribution in [0.15, 0.2) is 52.8 Å². The van der Waals surface area contributed by atoms with Gasteiger partial charge >= 0.3 is 5.91 Å². The summed E-state index contributed by atoms with van der Waals surface area (Å²) in [4.78, 5) is 14.9. The molecule has 11 heteroatoms. The first-order valence-corrected chi connectivity index (χ1v) is 9.01. The summed E-state index contributed by atoms with van der Waals surface area (Å²) in [6, 6.07) is 9.77. The summed E-state index contributed by atoms with van der Waals surface area (Å²) in [6.07, 6.45) is 1.43. The summed E-state index contributed by atoms with van der Waals surface area (Å²) >= 11 is 5.72. The van der Waals surface area contributed by atoms with E-state index in [-0.39, 0.29) is 27.7 Å². The van der Waals surface area contributed by atoms with Gasteiger partial charge in [-0.15, -0.1) is 15.3 Å². The molecule has 30 heavy (non-hydrogen) atoms. The summed E-state index contributed by atoms with van der Waals surface area (Å²) in [5.41, 5.74) is 1.18. The molecular formula is C19H14ClFN6O3. The Morgan fingerprint density at radius 3 is 2.83 bits per heavy atom. The minimum Gasteiger partial charge on any atom is -0.497 e. The maximum Gasteiger partial charge on any atom is 0.317 e. The molecule has 2 heterocycles. The van der Waals surface area contributed by atoms with Gasteiger partial charge < -0.3 is 14.8 Å². The number of amides is 1. The number of H-pyrrole nitrogens is 1. The summed E-state index contributed by atoms with van der Waals surface area (Å²) in [7, 11) is 1.58. The van der Waals surface area contributed by atoms with Gasteiger partial charge in [-0.25, -0.2) is 9.07 Å². The average molecular weight is 429 g/mol. The lowest BCUT2D eigenvalue weighted by atomic mass is 10.2. The Bertz CT molecular complexity index is 1270. The van der Waals surface area contributed by atoms with E-state index in [0.29, 0.717) is 12.1 Å². The molecule has 4 rings (SSSR count). The third kappa shape index (κ3) is 3.85. The molecule has 9 nitrogen and oxygen atoms in total. The van der Waals surface area contributed by atoms with Gasteiger partial charge in [0.2, 0.25) is 5.88 Å². The van der Waals surface area contributed by atoms with E-state index in [1.54, 1.807) is 7.11 Å². The van der Waals surface area contributed by atoms with Gasteiger partial charge in [0, 0.05) is 5.39 Å². The van der Waals surface area contributed by atoms with Crippen LogP contribution >= 0.6 is 11.6 Å². The molecule has 0 radical (unpaired) electrons. The fourth-order valence-corrected chi connectivity index (χ4v) is 2.96. The van der Waals surface area contributed by atoms with E-state index in [2.05, 4.69) is 25.5 Å². The Balaban J connectivity index is 1.52. The molecule has 0 aliphatic heterocycles. The predicted octanol–water partition coefficient (Wildman–Crippen LogP) is 4.24. The van der Waals surface area contributed by atoms with Gasteiger partial charge in [0.05, 0.1) is 30.4 Å². The van der Waals surface area contributed by atoms with Crippen molar-refractivity contribution in [1.29, 1.82) is 0 Å². The van der Waals surface area contributed by atoms with Crippen molar-refractivity contribution in [2.24, 2.45) is 10.2 Å². The fraction of sp³-hybridized carbons (Fsp3) is 0.105. The second-order valence-electron chi connectivity index (χ2n) is 6.29. The summed E-state index contributed by atoms with van der Waals surface area (Å²) in [5, 5.41) is 25.1. The van der Waals surface area contributed by atoms with E-state index in [9.17, 15) is 14.3 Å². The Labute approximate surface area is 173 Å². The molecule has 0 atom stereocenters. The van der Waals surface area contributed by atoms with Crippen LogP contribution in [0.4, 0.5) is 10.1 Å². The number of hydrogen-bond donors (Lipinski definition) is 2. The number of carbonyl (C=O) groups excluding carboxylic acids is 1. The number of fused-ring (bicyclic) bond motifs is 1. The smallest absolute Gasteiger partial charge is 0.317 e. The van der Waals surface area contributed by atoms with Crippen LogP contribution in [0.5, 0.6) is 11.6 Å². The van der Waals surface area contributed by atoms with Gasteiger partial charge in [-0.05, 0) is 29.8 Å².